The number of amides is 1. The quantitative estimate of drug-likeness (QED) is 0.785. The third-order valence-electron chi connectivity index (χ3n) is 3.68. The standard InChI is InChI=1S/C17H21F3N4O2/c1-11(10-26-14-7-5-4-6-13(14)17(18,19)20)23-16(25)15(21-2)12-8-22-24(3)9-12/h4-9,11,15,21H,10H2,1-3H3,(H,23,25). The third kappa shape index (κ3) is 4.98. The Morgan fingerprint density at radius 3 is 2.62 bits per heavy atom. The van der Waals surface area contributed by atoms with Gasteiger partial charge >= 0.3 is 6.18 Å². The molecule has 0 bridgehead atoms. The predicted octanol–water partition coefficient (Wildman–Crippen LogP) is 2.28. The zero-order valence-electron chi connectivity index (χ0n) is 14.7. The molecule has 2 N–H and O–H groups in total. The number of likely N-dealkylation sites (N-methyl/N-ethyl adjacent to an activating group) is 1. The van der Waals surface area contributed by atoms with Crippen LogP contribution in [0.4, 0.5) is 13.2 Å². The molecule has 0 radical (unpaired) electrons. The number of hydrogen-bond acceptors (Lipinski definition) is 4. The highest BCUT2D eigenvalue weighted by Crippen LogP contribution is 2.35. The Kier molecular flexibility index (Phi) is 6.25. The number of rotatable bonds is 7. The SMILES string of the molecule is CNC(C(=O)NC(C)COc1ccccc1C(F)(F)F)c1cnn(C)c1. The van der Waals surface area contributed by atoms with Crippen LogP contribution in [-0.4, -0.2) is 35.4 Å². The van der Waals surface area contributed by atoms with Gasteiger partial charge in [0.05, 0.1) is 17.8 Å². The lowest BCUT2D eigenvalue weighted by Crippen LogP contribution is -2.43. The van der Waals surface area contributed by atoms with Gasteiger partial charge in [0.1, 0.15) is 18.4 Å². The third-order valence-corrected chi connectivity index (χ3v) is 3.68. The van der Waals surface area contributed by atoms with E-state index in [0.29, 0.717) is 5.56 Å². The average Bonchev–Trinajstić information content (AvgIpc) is 2.99. The van der Waals surface area contributed by atoms with Gasteiger partial charge in [-0.25, -0.2) is 0 Å². The van der Waals surface area contributed by atoms with Crippen LogP contribution in [0.1, 0.15) is 24.1 Å². The van der Waals surface area contributed by atoms with Crippen LogP contribution in [0.5, 0.6) is 5.75 Å². The van der Waals surface area contributed by atoms with Crippen molar-refractivity contribution in [3.63, 3.8) is 0 Å². The van der Waals surface area contributed by atoms with Crippen LogP contribution in [-0.2, 0) is 18.0 Å². The summed E-state index contributed by atoms with van der Waals surface area (Å²) in [6.45, 7) is 1.56. The van der Waals surface area contributed by atoms with Crippen LogP contribution in [0.3, 0.4) is 0 Å². The van der Waals surface area contributed by atoms with E-state index in [0.717, 1.165) is 6.07 Å². The number of halogens is 3. The number of alkyl halides is 3. The van der Waals surface area contributed by atoms with Crippen molar-refractivity contribution < 1.29 is 22.7 Å². The number of para-hydroxylation sites is 1. The maximum atomic E-state index is 13.0. The Morgan fingerprint density at radius 1 is 1.35 bits per heavy atom. The lowest BCUT2D eigenvalue weighted by Gasteiger charge is -2.20. The summed E-state index contributed by atoms with van der Waals surface area (Å²) in [5, 5.41) is 9.63. The highest BCUT2D eigenvalue weighted by molar-refractivity contribution is 5.83. The summed E-state index contributed by atoms with van der Waals surface area (Å²) >= 11 is 0. The second kappa shape index (κ2) is 8.22. The fourth-order valence-electron chi connectivity index (χ4n) is 2.45. The molecule has 1 heterocycles. The number of benzene rings is 1. The van der Waals surface area contributed by atoms with Gasteiger partial charge in [-0.1, -0.05) is 12.1 Å². The highest BCUT2D eigenvalue weighted by Gasteiger charge is 2.34. The number of nitrogens with zero attached hydrogens (tertiary/aromatic N) is 2. The number of aromatic nitrogens is 2. The van der Waals surface area contributed by atoms with Crippen molar-refractivity contribution in [1.29, 1.82) is 0 Å². The molecule has 2 aromatic rings. The normalized spacial score (nSPS) is 13.9. The Labute approximate surface area is 149 Å². The summed E-state index contributed by atoms with van der Waals surface area (Å²) < 4.78 is 45.7. The zero-order valence-corrected chi connectivity index (χ0v) is 14.7. The van der Waals surface area contributed by atoms with Crippen molar-refractivity contribution in [2.75, 3.05) is 13.7 Å². The van der Waals surface area contributed by atoms with E-state index in [-0.39, 0.29) is 18.3 Å². The van der Waals surface area contributed by atoms with Crippen molar-refractivity contribution in [3.8, 4) is 5.75 Å². The molecule has 26 heavy (non-hydrogen) atoms. The lowest BCUT2D eigenvalue weighted by atomic mass is 10.1. The molecule has 2 unspecified atom stereocenters. The van der Waals surface area contributed by atoms with Gasteiger partial charge < -0.3 is 15.4 Å². The van der Waals surface area contributed by atoms with E-state index in [2.05, 4.69) is 15.7 Å². The average molecular weight is 370 g/mol. The molecular weight excluding hydrogens is 349 g/mol. The second-order valence-corrected chi connectivity index (χ2v) is 5.88. The Bertz CT molecular complexity index is 746. The zero-order chi connectivity index (χ0) is 19.3. The smallest absolute Gasteiger partial charge is 0.419 e. The van der Waals surface area contributed by atoms with E-state index in [9.17, 15) is 18.0 Å². The summed E-state index contributed by atoms with van der Waals surface area (Å²) in [7, 11) is 3.38. The van der Waals surface area contributed by atoms with Gasteiger partial charge in [-0.15, -0.1) is 0 Å². The monoisotopic (exact) mass is 370 g/mol. The van der Waals surface area contributed by atoms with Crippen LogP contribution < -0.4 is 15.4 Å². The molecule has 0 aliphatic rings. The van der Waals surface area contributed by atoms with Crippen LogP contribution >= 0.6 is 0 Å². The molecule has 0 aliphatic heterocycles. The Hall–Kier alpha value is -2.55. The lowest BCUT2D eigenvalue weighted by molar-refractivity contribution is -0.139. The minimum Gasteiger partial charge on any atom is -0.491 e. The predicted molar refractivity (Wildman–Crippen MR) is 89.6 cm³/mol. The van der Waals surface area contributed by atoms with Crippen LogP contribution in [0, 0.1) is 0 Å². The molecule has 6 nitrogen and oxygen atoms in total. The highest BCUT2D eigenvalue weighted by atomic mass is 19.4. The van der Waals surface area contributed by atoms with Crippen LogP contribution in [0.25, 0.3) is 0 Å². The molecule has 0 saturated heterocycles. The summed E-state index contributed by atoms with van der Waals surface area (Å²) in [6.07, 6.45) is -1.22. The van der Waals surface area contributed by atoms with E-state index >= 15 is 0 Å². The maximum absolute atomic E-state index is 13.0. The molecule has 1 aromatic carbocycles. The van der Waals surface area contributed by atoms with E-state index in [1.54, 1.807) is 38.1 Å². The van der Waals surface area contributed by atoms with E-state index in [1.807, 2.05) is 0 Å². The van der Waals surface area contributed by atoms with Crippen molar-refractivity contribution in [1.82, 2.24) is 20.4 Å². The maximum Gasteiger partial charge on any atom is 0.419 e. The Balaban J connectivity index is 1.97. The number of aryl methyl sites for hydroxylation is 1. The van der Waals surface area contributed by atoms with Crippen LogP contribution in [0.2, 0.25) is 0 Å². The van der Waals surface area contributed by atoms with Gasteiger partial charge in [-0.2, -0.15) is 18.3 Å². The molecule has 0 spiro atoms. The van der Waals surface area contributed by atoms with Gasteiger partial charge in [0, 0.05) is 18.8 Å². The van der Waals surface area contributed by atoms with E-state index in [1.165, 1.54) is 18.2 Å². The number of hydrogen-bond donors (Lipinski definition) is 2. The van der Waals surface area contributed by atoms with Crippen molar-refractivity contribution in [3.05, 3.63) is 47.8 Å². The summed E-state index contributed by atoms with van der Waals surface area (Å²) in [4.78, 5) is 12.4. The van der Waals surface area contributed by atoms with Gasteiger partial charge in [-0.05, 0) is 26.1 Å². The van der Waals surface area contributed by atoms with Gasteiger partial charge in [0.25, 0.3) is 0 Å². The molecule has 2 rings (SSSR count). The molecule has 142 valence electrons. The Morgan fingerprint density at radius 2 is 2.04 bits per heavy atom. The minimum atomic E-state index is -4.50. The molecule has 0 fully saturated rings. The first-order valence-corrected chi connectivity index (χ1v) is 7.97. The first kappa shape index (κ1) is 19.8. The minimum absolute atomic E-state index is 0.0949. The first-order valence-electron chi connectivity index (χ1n) is 7.97. The fourth-order valence-corrected chi connectivity index (χ4v) is 2.45. The van der Waals surface area contributed by atoms with Gasteiger partial charge in [0.2, 0.25) is 5.91 Å². The second-order valence-electron chi connectivity index (χ2n) is 5.88. The van der Waals surface area contributed by atoms with E-state index in [4.69, 9.17) is 4.74 Å². The molecule has 2 atom stereocenters. The molecule has 0 aliphatic carbocycles. The number of carbonyl (C=O) groups excluding carboxylic acids is 1. The fraction of sp³-hybridized carbons (Fsp3) is 0.412. The largest absolute Gasteiger partial charge is 0.491 e. The number of nitrogens with one attached hydrogen (secondary N) is 2. The van der Waals surface area contributed by atoms with Gasteiger partial charge in [-0.3, -0.25) is 9.48 Å². The molecule has 9 heteroatoms. The molecule has 1 amide bonds. The van der Waals surface area contributed by atoms with Crippen molar-refractivity contribution in [2.24, 2.45) is 7.05 Å². The summed E-state index contributed by atoms with van der Waals surface area (Å²) in [6, 6.07) is 3.87. The van der Waals surface area contributed by atoms with E-state index < -0.39 is 23.8 Å². The topological polar surface area (TPSA) is 68.2 Å². The first-order chi connectivity index (χ1) is 12.2. The number of carbonyl (C=O) groups is 1. The molecule has 1 aromatic heterocycles. The van der Waals surface area contributed by atoms with Crippen molar-refractivity contribution >= 4 is 5.91 Å². The number of ether oxygens (including phenoxy) is 1. The van der Waals surface area contributed by atoms with Crippen molar-refractivity contribution in [2.45, 2.75) is 25.2 Å². The van der Waals surface area contributed by atoms with Gasteiger partial charge in [0.15, 0.2) is 0 Å². The molecule has 0 saturated carbocycles. The summed E-state index contributed by atoms with van der Waals surface area (Å²) in [5.41, 5.74) is -0.162. The summed E-state index contributed by atoms with van der Waals surface area (Å²) in [5.74, 6) is -0.584. The molecular formula is C17H21F3N4O2. The van der Waals surface area contributed by atoms with Crippen LogP contribution in [0.15, 0.2) is 36.7 Å².